The van der Waals surface area contributed by atoms with Crippen molar-refractivity contribution < 1.29 is 4.79 Å². The maximum absolute atomic E-state index is 12.8. The van der Waals surface area contributed by atoms with Gasteiger partial charge in [0.15, 0.2) is 0 Å². The van der Waals surface area contributed by atoms with Gasteiger partial charge in [0.2, 0.25) is 0 Å². The third kappa shape index (κ3) is 2.90. The minimum absolute atomic E-state index is 0.0121. The smallest absolute Gasteiger partial charge is 0.272 e. The highest BCUT2D eigenvalue weighted by molar-refractivity contribution is 5.95. The molecule has 1 aliphatic rings. The molecule has 1 fully saturated rings. The minimum atomic E-state index is 0.0121. The van der Waals surface area contributed by atoms with E-state index in [2.05, 4.69) is 4.98 Å². The Kier molecular flexibility index (Phi) is 4.15. The van der Waals surface area contributed by atoms with E-state index in [4.69, 9.17) is 5.73 Å². The molecule has 4 nitrogen and oxygen atoms in total. The van der Waals surface area contributed by atoms with Crippen LogP contribution >= 0.6 is 0 Å². The summed E-state index contributed by atoms with van der Waals surface area (Å²) in [5.74, 6) is 0.0121. The molecular weight excluding hydrogens is 262 g/mol. The lowest BCUT2D eigenvalue weighted by atomic mass is 10.1. The molecule has 2 N–H and O–H groups in total. The van der Waals surface area contributed by atoms with Crippen molar-refractivity contribution in [3.05, 3.63) is 42.1 Å². The SMILES string of the molecule is NCCN(C(=O)c1ccc2ccccc2n1)C1CCCC1. The van der Waals surface area contributed by atoms with E-state index < -0.39 is 0 Å². The molecule has 1 heterocycles. The Hall–Kier alpha value is -1.94. The summed E-state index contributed by atoms with van der Waals surface area (Å²) < 4.78 is 0. The summed E-state index contributed by atoms with van der Waals surface area (Å²) in [5, 5.41) is 1.06. The molecule has 1 amide bonds. The number of nitrogens with zero attached hydrogens (tertiary/aromatic N) is 2. The number of carbonyl (C=O) groups is 1. The molecule has 1 aliphatic carbocycles. The number of rotatable bonds is 4. The Morgan fingerprint density at radius 2 is 1.95 bits per heavy atom. The second-order valence-corrected chi connectivity index (χ2v) is 5.61. The summed E-state index contributed by atoms with van der Waals surface area (Å²) >= 11 is 0. The predicted molar refractivity (Wildman–Crippen MR) is 84.1 cm³/mol. The fourth-order valence-corrected chi connectivity index (χ4v) is 3.14. The van der Waals surface area contributed by atoms with E-state index >= 15 is 0 Å². The lowest BCUT2D eigenvalue weighted by Crippen LogP contribution is -2.42. The Labute approximate surface area is 125 Å². The van der Waals surface area contributed by atoms with Crippen molar-refractivity contribution in [2.24, 2.45) is 5.73 Å². The number of nitrogens with two attached hydrogens (primary N) is 1. The molecule has 110 valence electrons. The molecule has 3 rings (SSSR count). The maximum atomic E-state index is 12.8. The van der Waals surface area contributed by atoms with Crippen LogP contribution in [0.25, 0.3) is 10.9 Å². The van der Waals surface area contributed by atoms with E-state index in [0.29, 0.717) is 24.8 Å². The van der Waals surface area contributed by atoms with Gasteiger partial charge in [-0.2, -0.15) is 0 Å². The molecule has 4 heteroatoms. The van der Waals surface area contributed by atoms with Gasteiger partial charge in [-0.15, -0.1) is 0 Å². The van der Waals surface area contributed by atoms with Crippen LogP contribution in [0.2, 0.25) is 0 Å². The molecule has 0 aliphatic heterocycles. The standard InChI is InChI=1S/C17H21N3O/c18-11-12-20(14-6-2-3-7-14)17(21)16-10-9-13-5-1-4-8-15(13)19-16/h1,4-5,8-10,14H,2-3,6-7,11-12,18H2. The van der Waals surface area contributed by atoms with Crippen molar-refractivity contribution in [2.75, 3.05) is 13.1 Å². The molecule has 0 saturated heterocycles. The molecule has 1 aromatic heterocycles. The van der Waals surface area contributed by atoms with Crippen LogP contribution in [0.4, 0.5) is 0 Å². The van der Waals surface area contributed by atoms with Crippen molar-refractivity contribution in [3.8, 4) is 0 Å². The fourth-order valence-electron chi connectivity index (χ4n) is 3.14. The lowest BCUT2D eigenvalue weighted by molar-refractivity contribution is 0.0682. The summed E-state index contributed by atoms with van der Waals surface area (Å²) in [4.78, 5) is 19.2. The van der Waals surface area contributed by atoms with E-state index in [1.54, 1.807) is 0 Å². The Morgan fingerprint density at radius 1 is 1.19 bits per heavy atom. The average molecular weight is 283 g/mol. The van der Waals surface area contributed by atoms with Gasteiger partial charge in [-0.3, -0.25) is 4.79 Å². The van der Waals surface area contributed by atoms with Gasteiger partial charge in [0.25, 0.3) is 5.91 Å². The molecule has 21 heavy (non-hydrogen) atoms. The highest BCUT2D eigenvalue weighted by Crippen LogP contribution is 2.24. The quantitative estimate of drug-likeness (QED) is 0.938. The first-order chi connectivity index (χ1) is 10.3. The van der Waals surface area contributed by atoms with Crippen LogP contribution in [0, 0.1) is 0 Å². The van der Waals surface area contributed by atoms with E-state index in [0.717, 1.165) is 23.7 Å². The number of aromatic nitrogens is 1. The van der Waals surface area contributed by atoms with Crippen LogP contribution in [0.3, 0.4) is 0 Å². The number of amides is 1. The summed E-state index contributed by atoms with van der Waals surface area (Å²) in [6, 6.07) is 12.0. The van der Waals surface area contributed by atoms with Crippen LogP contribution in [0.15, 0.2) is 36.4 Å². The Bertz CT molecular complexity index is 635. The summed E-state index contributed by atoms with van der Waals surface area (Å²) in [6.45, 7) is 1.10. The zero-order valence-electron chi connectivity index (χ0n) is 12.2. The highest BCUT2D eigenvalue weighted by atomic mass is 16.2. The maximum Gasteiger partial charge on any atom is 0.272 e. The molecular formula is C17H21N3O. The monoisotopic (exact) mass is 283 g/mol. The second kappa shape index (κ2) is 6.22. The number of hydrogen-bond donors (Lipinski definition) is 1. The average Bonchev–Trinajstić information content (AvgIpc) is 3.05. The molecule has 0 spiro atoms. The number of carbonyl (C=O) groups excluding carboxylic acids is 1. The van der Waals surface area contributed by atoms with Gasteiger partial charge in [0.1, 0.15) is 5.69 Å². The zero-order valence-corrected chi connectivity index (χ0v) is 12.2. The first kappa shape index (κ1) is 14.0. The minimum Gasteiger partial charge on any atom is -0.333 e. The molecule has 2 aromatic rings. The van der Waals surface area contributed by atoms with Crippen molar-refractivity contribution in [1.82, 2.24) is 9.88 Å². The van der Waals surface area contributed by atoms with Gasteiger partial charge in [-0.1, -0.05) is 37.1 Å². The van der Waals surface area contributed by atoms with Crippen molar-refractivity contribution in [2.45, 2.75) is 31.7 Å². The lowest BCUT2D eigenvalue weighted by Gasteiger charge is -2.28. The van der Waals surface area contributed by atoms with E-state index in [1.165, 1.54) is 12.8 Å². The Morgan fingerprint density at radius 3 is 2.71 bits per heavy atom. The number of fused-ring (bicyclic) bond motifs is 1. The third-order valence-electron chi connectivity index (χ3n) is 4.21. The van der Waals surface area contributed by atoms with E-state index in [-0.39, 0.29) is 5.91 Å². The largest absolute Gasteiger partial charge is 0.333 e. The molecule has 0 unspecified atom stereocenters. The third-order valence-corrected chi connectivity index (χ3v) is 4.21. The van der Waals surface area contributed by atoms with Crippen LogP contribution in [-0.2, 0) is 0 Å². The topological polar surface area (TPSA) is 59.2 Å². The van der Waals surface area contributed by atoms with Gasteiger partial charge in [0.05, 0.1) is 5.52 Å². The first-order valence-corrected chi connectivity index (χ1v) is 7.66. The molecule has 1 saturated carbocycles. The van der Waals surface area contributed by atoms with Crippen LogP contribution < -0.4 is 5.73 Å². The van der Waals surface area contributed by atoms with E-state index in [9.17, 15) is 4.79 Å². The number of pyridine rings is 1. The summed E-state index contributed by atoms with van der Waals surface area (Å²) in [7, 11) is 0. The molecule has 1 aromatic carbocycles. The zero-order chi connectivity index (χ0) is 14.7. The van der Waals surface area contributed by atoms with Crippen molar-refractivity contribution in [1.29, 1.82) is 0 Å². The van der Waals surface area contributed by atoms with Gasteiger partial charge in [-0.05, 0) is 25.0 Å². The Balaban J connectivity index is 1.89. The van der Waals surface area contributed by atoms with Crippen molar-refractivity contribution in [3.63, 3.8) is 0 Å². The van der Waals surface area contributed by atoms with Gasteiger partial charge < -0.3 is 10.6 Å². The van der Waals surface area contributed by atoms with Crippen LogP contribution in [-0.4, -0.2) is 34.9 Å². The first-order valence-electron chi connectivity index (χ1n) is 7.66. The van der Waals surface area contributed by atoms with Gasteiger partial charge in [-0.25, -0.2) is 4.98 Å². The molecule has 0 atom stereocenters. The van der Waals surface area contributed by atoms with Crippen LogP contribution in [0.5, 0.6) is 0 Å². The van der Waals surface area contributed by atoms with Gasteiger partial charge in [0, 0.05) is 24.5 Å². The second-order valence-electron chi connectivity index (χ2n) is 5.61. The van der Waals surface area contributed by atoms with Crippen LogP contribution in [0.1, 0.15) is 36.2 Å². The number of hydrogen-bond acceptors (Lipinski definition) is 3. The molecule has 0 radical (unpaired) electrons. The van der Waals surface area contributed by atoms with E-state index in [1.807, 2.05) is 41.3 Å². The normalized spacial score (nSPS) is 15.5. The summed E-state index contributed by atoms with van der Waals surface area (Å²) in [6.07, 6.45) is 4.56. The predicted octanol–water partition coefficient (Wildman–Crippen LogP) is 2.58. The van der Waals surface area contributed by atoms with Crippen molar-refractivity contribution >= 4 is 16.8 Å². The highest BCUT2D eigenvalue weighted by Gasteiger charge is 2.27. The number of para-hydroxylation sites is 1. The molecule has 0 bridgehead atoms. The fraction of sp³-hybridized carbons (Fsp3) is 0.412. The van der Waals surface area contributed by atoms with Gasteiger partial charge >= 0.3 is 0 Å². The summed E-state index contributed by atoms with van der Waals surface area (Å²) in [5.41, 5.74) is 7.07. The number of benzene rings is 1.